The maximum atomic E-state index is 5.66. The number of aryl methyl sites for hydroxylation is 1. The Hall–Kier alpha value is -1.20. The van der Waals surface area contributed by atoms with Crippen LogP contribution in [0.2, 0.25) is 0 Å². The zero-order valence-corrected chi connectivity index (χ0v) is 13.8. The summed E-state index contributed by atoms with van der Waals surface area (Å²) in [5.74, 6) is 0. The van der Waals surface area contributed by atoms with E-state index < -0.39 is 0 Å². The normalized spacial score (nSPS) is 12.1. The van der Waals surface area contributed by atoms with Gasteiger partial charge in [0.05, 0.1) is 17.9 Å². The molecule has 2 heterocycles. The van der Waals surface area contributed by atoms with Gasteiger partial charge in [0.2, 0.25) is 0 Å². The summed E-state index contributed by atoms with van der Waals surface area (Å²) in [6, 6.07) is 0. The molecule has 4 nitrogen and oxygen atoms in total. The summed E-state index contributed by atoms with van der Waals surface area (Å²) in [5, 5.41) is 7.89. The average Bonchev–Trinajstić information content (AvgIpc) is 2.90. The number of thiazole rings is 1. The fourth-order valence-electron chi connectivity index (χ4n) is 2.25. The molecule has 0 saturated heterocycles. The predicted molar refractivity (Wildman–Crippen MR) is 84.4 cm³/mol. The van der Waals surface area contributed by atoms with Crippen LogP contribution in [0.15, 0.2) is 5.38 Å². The molecule has 0 radical (unpaired) electrons. The van der Waals surface area contributed by atoms with Crippen LogP contribution < -0.4 is 5.73 Å². The van der Waals surface area contributed by atoms with Gasteiger partial charge in [-0.3, -0.25) is 4.68 Å². The first-order chi connectivity index (χ1) is 9.32. The molecule has 20 heavy (non-hydrogen) atoms. The molecule has 0 aliphatic heterocycles. The highest BCUT2D eigenvalue weighted by Gasteiger charge is 2.18. The largest absolute Gasteiger partial charge is 0.330 e. The molecule has 0 aliphatic rings. The minimum absolute atomic E-state index is 0.106. The number of aromatic nitrogens is 3. The van der Waals surface area contributed by atoms with Crippen molar-refractivity contribution in [1.29, 1.82) is 0 Å². The number of hydrogen-bond acceptors (Lipinski definition) is 4. The third-order valence-corrected chi connectivity index (χ3v) is 4.36. The first kappa shape index (κ1) is 15.2. The monoisotopic (exact) mass is 292 g/mol. The van der Waals surface area contributed by atoms with Crippen molar-refractivity contribution in [2.75, 3.05) is 6.54 Å². The number of rotatable bonds is 4. The van der Waals surface area contributed by atoms with Gasteiger partial charge in [-0.25, -0.2) is 4.98 Å². The molecular weight excluding hydrogens is 268 g/mol. The van der Waals surface area contributed by atoms with Crippen LogP contribution in [0.3, 0.4) is 0 Å². The van der Waals surface area contributed by atoms with E-state index in [9.17, 15) is 0 Å². The number of nitrogens with zero attached hydrogens (tertiary/aromatic N) is 3. The average molecular weight is 292 g/mol. The summed E-state index contributed by atoms with van der Waals surface area (Å²) >= 11 is 1.71. The second kappa shape index (κ2) is 5.66. The third-order valence-electron chi connectivity index (χ3n) is 3.53. The standard InChI is InChI=1S/C15H24N4S/c1-10-12(6-7-16)11(2)19(18-10)8-14-17-13(9-20-14)15(3,4)5/h9H,6-8,16H2,1-5H3. The van der Waals surface area contributed by atoms with Gasteiger partial charge >= 0.3 is 0 Å². The molecule has 0 atom stereocenters. The van der Waals surface area contributed by atoms with Crippen LogP contribution in [0.4, 0.5) is 0 Å². The molecular formula is C15H24N4S. The Balaban J connectivity index is 2.22. The Labute approximate surface area is 125 Å². The highest BCUT2D eigenvalue weighted by molar-refractivity contribution is 7.09. The predicted octanol–water partition coefficient (Wildman–Crippen LogP) is 2.80. The summed E-state index contributed by atoms with van der Waals surface area (Å²) in [7, 11) is 0. The van der Waals surface area contributed by atoms with Crippen LogP contribution >= 0.6 is 11.3 Å². The quantitative estimate of drug-likeness (QED) is 0.942. The Morgan fingerprint density at radius 3 is 2.55 bits per heavy atom. The van der Waals surface area contributed by atoms with Gasteiger partial charge in [-0.05, 0) is 32.4 Å². The van der Waals surface area contributed by atoms with Crippen molar-refractivity contribution in [2.24, 2.45) is 5.73 Å². The summed E-state index contributed by atoms with van der Waals surface area (Å²) in [5.41, 5.74) is 10.5. The molecule has 0 bridgehead atoms. The van der Waals surface area contributed by atoms with Crippen LogP contribution in [0.25, 0.3) is 0 Å². The van der Waals surface area contributed by atoms with E-state index in [-0.39, 0.29) is 5.41 Å². The Bertz CT molecular complexity index is 590. The zero-order chi connectivity index (χ0) is 14.9. The molecule has 0 saturated carbocycles. The lowest BCUT2D eigenvalue weighted by atomic mass is 9.93. The Kier molecular flexibility index (Phi) is 4.30. The van der Waals surface area contributed by atoms with Gasteiger partial charge in [-0.1, -0.05) is 20.8 Å². The second-order valence-electron chi connectivity index (χ2n) is 6.22. The van der Waals surface area contributed by atoms with E-state index >= 15 is 0 Å². The summed E-state index contributed by atoms with van der Waals surface area (Å²) in [6.45, 7) is 12.1. The zero-order valence-electron chi connectivity index (χ0n) is 13.0. The first-order valence-electron chi connectivity index (χ1n) is 7.00. The molecule has 0 aliphatic carbocycles. The minimum Gasteiger partial charge on any atom is -0.330 e. The fourth-order valence-corrected chi connectivity index (χ4v) is 3.25. The lowest BCUT2D eigenvalue weighted by Gasteiger charge is -2.14. The highest BCUT2D eigenvalue weighted by atomic mass is 32.1. The maximum absolute atomic E-state index is 5.66. The van der Waals surface area contributed by atoms with Crippen LogP contribution in [-0.4, -0.2) is 21.3 Å². The van der Waals surface area contributed by atoms with E-state index in [1.54, 1.807) is 11.3 Å². The minimum atomic E-state index is 0.106. The van der Waals surface area contributed by atoms with Crippen LogP contribution in [0, 0.1) is 13.8 Å². The van der Waals surface area contributed by atoms with Gasteiger partial charge in [-0.15, -0.1) is 11.3 Å². The van der Waals surface area contributed by atoms with Gasteiger partial charge in [0.25, 0.3) is 0 Å². The van der Waals surface area contributed by atoms with Gasteiger partial charge in [-0.2, -0.15) is 5.10 Å². The van der Waals surface area contributed by atoms with Crippen molar-refractivity contribution in [3.63, 3.8) is 0 Å². The second-order valence-corrected chi connectivity index (χ2v) is 7.16. The smallest absolute Gasteiger partial charge is 0.114 e. The van der Waals surface area contributed by atoms with Crippen LogP contribution in [0.1, 0.15) is 48.4 Å². The molecule has 0 amide bonds. The molecule has 2 aromatic heterocycles. The SMILES string of the molecule is Cc1nn(Cc2nc(C(C)(C)C)cs2)c(C)c1CCN. The van der Waals surface area contributed by atoms with Gasteiger partial charge < -0.3 is 5.73 Å². The van der Waals surface area contributed by atoms with E-state index in [2.05, 4.69) is 45.1 Å². The van der Waals surface area contributed by atoms with Crippen LogP contribution in [0.5, 0.6) is 0 Å². The molecule has 2 aromatic rings. The molecule has 2 rings (SSSR count). The molecule has 2 N–H and O–H groups in total. The van der Waals surface area contributed by atoms with Crippen molar-refractivity contribution in [3.8, 4) is 0 Å². The third kappa shape index (κ3) is 3.10. The van der Waals surface area contributed by atoms with Gasteiger partial charge in [0.1, 0.15) is 5.01 Å². The van der Waals surface area contributed by atoms with Crippen LogP contribution in [-0.2, 0) is 18.4 Å². The summed E-state index contributed by atoms with van der Waals surface area (Å²) < 4.78 is 2.05. The highest BCUT2D eigenvalue weighted by Crippen LogP contribution is 2.24. The van der Waals surface area contributed by atoms with Crippen molar-refractivity contribution < 1.29 is 0 Å². The van der Waals surface area contributed by atoms with Crippen molar-refractivity contribution in [2.45, 2.75) is 53.0 Å². The molecule has 0 fully saturated rings. The molecule has 5 heteroatoms. The van der Waals surface area contributed by atoms with Crippen molar-refractivity contribution >= 4 is 11.3 Å². The lowest BCUT2D eigenvalue weighted by Crippen LogP contribution is -2.12. The van der Waals surface area contributed by atoms with Gasteiger partial charge in [0.15, 0.2) is 0 Å². The Morgan fingerprint density at radius 2 is 2.00 bits per heavy atom. The van der Waals surface area contributed by atoms with E-state index in [0.717, 1.165) is 29.4 Å². The van der Waals surface area contributed by atoms with Crippen molar-refractivity contribution in [3.05, 3.63) is 33.0 Å². The molecule has 0 unspecified atom stereocenters. The van der Waals surface area contributed by atoms with E-state index in [1.807, 2.05) is 4.68 Å². The summed E-state index contributed by atoms with van der Waals surface area (Å²) in [6.07, 6.45) is 0.892. The first-order valence-corrected chi connectivity index (χ1v) is 7.88. The Morgan fingerprint density at radius 1 is 1.30 bits per heavy atom. The molecule has 0 aromatic carbocycles. The topological polar surface area (TPSA) is 56.7 Å². The molecule has 110 valence electrons. The fraction of sp³-hybridized carbons (Fsp3) is 0.600. The van der Waals surface area contributed by atoms with E-state index in [0.29, 0.717) is 6.54 Å². The van der Waals surface area contributed by atoms with Crippen molar-refractivity contribution in [1.82, 2.24) is 14.8 Å². The maximum Gasteiger partial charge on any atom is 0.114 e. The summed E-state index contributed by atoms with van der Waals surface area (Å²) in [4.78, 5) is 4.74. The number of nitrogens with two attached hydrogens (primary N) is 1. The number of hydrogen-bond donors (Lipinski definition) is 1. The van der Waals surface area contributed by atoms with E-state index in [1.165, 1.54) is 11.3 Å². The van der Waals surface area contributed by atoms with Gasteiger partial charge in [0, 0.05) is 16.5 Å². The molecule has 0 spiro atoms. The lowest BCUT2D eigenvalue weighted by molar-refractivity contribution is 0.567. The van der Waals surface area contributed by atoms with E-state index in [4.69, 9.17) is 10.7 Å².